The molecule has 0 saturated heterocycles. The number of rotatable bonds is 5. The van der Waals surface area contributed by atoms with Crippen molar-refractivity contribution in [3.63, 3.8) is 0 Å². The third kappa shape index (κ3) is 3.32. The summed E-state index contributed by atoms with van der Waals surface area (Å²) in [6.45, 7) is 3.58. The Morgan fingerprint density at radius 2 is 1.53 bits per heavy atom. The molecule has 0 aromatic rings. The fraction of sp³-hybridized carbons (Fsp3) is 0.692. The third-order valence-corrected chi connectivity index (χ3v) is 3.32. The summed E-state index contributed by atoms with van der Waals surface area (Å²) < 4.78 is 10.3. The Balaban J connectivity index is 1.67. The van der Waals surface area contributed by atoms with Crippen molar-refractivity contribution >= 4 is 11.9 Å². The van der Waals surface area contributed by atoms with Gasteiger partial charge >= 0.3 is 11.9 Å². The second kappa shape index (κ2) is 5.34. The summed E-state index contributed by atoms with van der Waals surface area (Å²) in [7, 11) is 0. The molecule has 2 aliphatic rings. The molecule has 0 heterocycles. The first kappa shape index (κ1) is 12.1. The molecule has 2 aliphatic carbocycles. The second-order valence-electron chi connectivity index (χ2n) is 4.78. The van der Waals surface area contributed by atoms with Crippen molar-refractivity contribution in [1.82, 2.24) is 0 Å². The lowest BCUT2D eigenvalue weighted by Gasteiger charge is -2.26. The van der Waals surface area contributed by atoms with E-state index in [1.54, 1.807) is 0 Å². The number of carbonyl (C=O) groups is 2. The molecule has 0 spiro atoms. The zero-order valence-corrected chi connectivity index (χ0v) is 9.94. The number of esters is 2. The van der Waals surface area contributed by atoms with E-state index in [9.17, 15) is 9.59 Å². The predicted molar refractivity (Wildman–Crippen MR) is 61.2 cm³/mol. The second-order valence-corrected chi connectivity index (χ2v) is 4.78. The van der Waals surface area contributed by atoms with E-state index in [0.717, 1.165) is 38.5 Å². The van der Waals surface area contributed by atoms with Gasteiger partial charge in [0.2, 0.25) is 0 Å². The molecule has 0 unspecified atom stereocenters. The molecular formula is C13H18O4. The molecule has 2 fully saturated rings. The molecule has 0 aromatic heterocycles. The number of carbonyl (C=O) groups excluding carboxylic acids is 2. The van der Waals surface area contributed by atoms with Crippen LogP contribution in [-0.2, 0) is 19.1 Å². The Hall–Kier alpha value is -1.32. The molecule has 2 saturated carbocycles. The maximum Gasteiger partial charge on any atom is 0.334 e. The molecule has 94 valence electrons. The summed E-state index contributed by atoms with van der Waals surface area (Å²) in [4.78, 5) is 23.0. The molecule has 2 rings (SSSR count). The summed E-state index contributed by atoms with van der Waals surface area (Å²) in [5, 5.41) is 0. The molecular weight excluding hydrogens is 220 g/mol. The largest absolute Gasteiger partial charge is 0.462 e. The van der Waals surface area contributed by atoms with Crippen molar-refractivity contribution in [3.05, 3.63) is 12.2 Å². The third-order valence-electron chi connectivity index (χ3n) is 3.32. The minimum absolute atomic E-state index is 0.0295. The average molecular weight is 238 g/mol. The summed E-state index contributed by atoms with van der Waals surface area (Å²) >= 11 is 0. The van der Waals surface area contributed by atoms with E-state index in [0.29, 0.717) is 0 Å². The summed E-state index contributed by atoms with van der Waals surface area (Å²) in [6, 6.07) is 0. The Labute approximate surface area is 101 Å². The van der Waals surface area contributed by atoms with Crippen molar-refractivity contribution in [2.24, 2.45) is 0 Å². The van der Waals surface area contributed by atoms with Crippen LogP contribution in [0.2, 0.25) is 0 Å². The van der Waals surface area contributed by atoms with E-state index >= 15 is 0 Å². The molecule has 4 nitrogen and oxygen atoms in total. The molecule has 0 bridgehead atoms. The summed E-state index contributed by atoms with van der Waals surface area (Å²) in [6.07, 6.45) is 5.96. The van der Waals surface area contributed by atoms with Crippen molar-refractivity contribution < 1.29 is 19.1 Å². The smallest absolute Gasteiger partial charge is 0.334 e. The number of ether oxygens (including phenoxy) is 2. The van der Waals surface area contributed by atoms with Crippen LogP contribution >= 0.6 is 0 Å². The summed E-state index contributed by atoms with van der Waals surface area (Å²) in [5.41, 5.74) is 0.196. The zero-order chi connectivity index (χ0) is 12.3. The van der Waals surface area contributed by atoms with E-state index in [4.69, 9.17) is 9.47 Å². The molecule has 0 aliphatic heterocycles. The van der Waals surface area contributed by atoms with Crippen LogP contribution in [0.15, 0.2) is 12.2 Å². The maximum atomic E-state index is 11.5. The van der Waals surface area contributed by atoms with Crippen molar-refractivity contribution in [2.75, 3.05) is 0 Å². The number of hydrogen-bond donors (Lipinski definition) is 0. The summed E-state index contributed by atoms with van der Waals surface area (Å²) in [5.74, 6) is -0.828. The van der Waals surface area contributed by atoms with Gasteiger partial charge in [-0.2, -0.15) is 0 Å². The molecule has 17 heavy (non-hydrogen) atoms. The van der Waals surface area contributed by atoms with Crippen LogP contribution in [0.25, 0.3) is 0 Å². The van der Waals surface area contributed by atoms with E-state index in [1.165, 1.54) is 0 Å². The zero-order valence-electron chi connectivity index (χ0n) is 9.94. The van der Waals surface area contributed by atoms with E-state index in [1.807, 2.05) is 0 Å². The SMILES string of the molecule is C=C(CC(=O)OC1CCC1)C(=O)OC1CCC1. The van der Waals surface area contributed by atoms with Gasteiger partial charge in [0, 0.05) is 5.57 Å². The molecule has 0 atom stereocenters. The van der Waals surface area contributed by atoms with Crippen LogP contribution in [-0.4, -0.2) is 24.1 Å². The predicted octanol–water partition coefficient (Wildman–Crippen LogP) is 2.12. The fourth-order valence-electron chi connectivity index (χ4n) is 1.69. The average Bonchev–Trinajstić information content (AvgIpc) is 2.17. The van der Waals surface area contributed by atoms with Crippen molar-refractivity contribution in [2.45, 2.75) is 57.2 Å². The Kier molecular flexibility index (Phi) is 3.82. The first-order valence-corrected chi connectivity index (χ1v) is 6.23. The molecule has 0 N–H and O–H groups in total. The highest BCUT2D eigenvalue weighted by atomic mass is 16.6. The fourth-order valence-corrected chi connectivity index (χ4v) is 1.69. The first-order chi connectivity index (χ1) is 8.15. The lowest BCUT2D eigenvalue weighted by molar-refractivity contribution is -0.155. The normalized spacial score (nSPS) is 20.0. The minimum atomic E-state index is -0.458. The highest BCUT2D eigenvalue weighted by Gasteiger charge is 2.26. The van der Waals surface area contributed by atoms with Crippen LogP contribution in [0, 0.1) is 0 Å². The lowest BCUT2D eigenvalue weighted by Crippen LogP contribution is -2.28. The molecule has 0 amide bonds. The Morgan fingerprint density at radius 1 is 1.00 bits per heavy atom. The van der Waals surface area contributed by atoms with Gasteiger partial charge in [0.15, 0.2) is 0 Å². The monoisotopic (exact) mass is 238 g/mol. The van der Waals surface area contributed by atoms with E-state index < -0.39 is 5.97 Å². The standard InChI is InChI=1S/C13H18O4/c1-9(13(15)17-11-6-3-7-11)8-12(14)16-10-4-2-5-10/h10-11H,1-8H2. The van der Waals surface area contributed by atoms with Gasteiger partial charge in [0.05, 0.1) is 6.42 Å². The maximum absolute atomic E-state index is 11.5. The van der Waals surface area contributed by atoms with Gasteiger partial charge in [0.1, 0.15) is 12.2 Å². The van der Waals surface area contributed by atoms with Crippen LogP contribution in [0.1, 0.15) is 44.9 Å². The number of hydrogen-bond acceptors (Lipinski definition) is 4. The Morgan fingerprint density at radius 3 is 2.00 bits per heavy atom. The lowest BCUT2D eigenvalue weighted by atomic mass is 9.96. The first-order valence-electron chi connectivity index (χ1n) is 6.23. The van der Waals surface area contributed by atoms with Gasteiger partial charge < -0.3 is 9.47 Å². The quantitative estimate of drug-likeness (QED) is 0.544. The van der Waals surface area contributed by atoms with E-state index in [-0.39, 0.29) is 30.2 Å². The van der Waals surface area contributed by atoms with Crippen LogP contribution in [0.4, 0.5) is 0 Å². The molecule has 0 aromatic carbocycles. The van der Waals surface area contributed by atoms with Crippen molar-refractivity contribution in [1.29, 1.82) is 0 Å². The van der Waals surface area contributed by atoms with Gasteiger partial charge in [-0.25, -0.2) is 4.79 Å². The highest BCUT2D eigenvalue weighted by molar-refractivity contribution is 5.93. The topological polar surface area (TPSA) is 52.6 Å². The van der Waals surface area contributed by atoms with Gasteiger partial charge in [-0.05, 0) is 38.5 Å². The van der Waals surface area contributed by atoms with E-state index in [2.05, 4.69) is 6.58 Å². The highest BCUT2D eigenvalue weighted by Crippen LogP contribution is 2.24. The Bertz CT molecular complexity index is 326. The minimum Gasteiger partial charge on any atom is -0.462 e. The van der Waals surface area contributed by atoms with Gasteiger partial charge in [-0.15, -0.1) is 0 Å². The van der Waals surface area contributed by atoms with Gasteiger partial charge in [-0.1, -0.05) is 6.58 Å². The van der Waals surface area contributed by atoms with Crippen LogP contribution in [0.5, 0.6) is 0 Å². The molecule has 0 radical (unpaired) electrons. The van der Waals surface area contributed by atoms with Crippen LogP contribution in [0.3, 0.4) is 0 Å². The van der Waals surface area contributed by atoms with Gasteiger partial charge in [-0.3, -0.25) is 4.79 Å². The van der Waals surface area contributed by atoms with Crippen LogP contribution < -0.4 is 0 Å². The molecule has 4 heteroatoms. The van der Waals surface area contributed by atoms with Gasteiger partial charge in [0.25, 0.3) is 0 Å². The van der Waals surface area contributed by atoms with Crippen molar-refractivity contribution in [3.8, 4) is 0 Å².